The highest BCUT2D eigenvalue weighted by molar-refractivity contribution is 8.00. The molecule has 472 valence electrons. The van der Waals surface area contributed by atoms with E-state index in [1.54, 1.807) is 20.8 Å². The van der Waals surface area contributed by atoms with Gasteiger partial charge >= 0.3 is 42.0 Å². The summed E-state index contributed by atoms with van der Waals surface area (Å²) in [5, 5.41) is 67.2. The number of hydrogen-bond acceptors (Lipinski definition) is 25. The number of amides is 9. The Hall–Kier alpha value is -5.16. The summed E-state index contributed by atoms with van der Waals surface area (Å²) in [7, 11) is 0. The lowest BCUT2D eigenvalue weighted by Crippen LogP contribution is -2.40. The van der Waals surface area contributed by atoms with Gasteiger partial charge in [0.05, 0.1) is 48.7 Å². The molecule has 0 bridgehead atoms. The molecule has 38 heteroatoms. The van der Waals surface area contributed by atoms with Gasteiger partial charge in [0.15, 0.2) is 6.10 Å². The summed E-state index contributed by atoms with van der Waals surface area (Å²) in [4.78, 5) is 153. The van der Waals surface area contributed by atoms with Gasteiger partial charge in [-0.25, -0.2) is 14.4 Å². The standard InChI is InChI=1S/C11H18N2O5.C10H14N2O6S.C7H16N2O2.C6H10N2O3.C4H6O5.C4H4O3S.CH4.4H2S/c1-11(2,3)18-10(17)12-4-5-13-8(15)6-7(14)9(13)16;13-6-3-8(15)12(10(6)18)2-1-11-7(14)4-19-5-9(16)17;1-7(2,3)11-6(10)9-5-4-8;7-1-2-8-5(10)3-4(9)6(8)11;5-2(4(8)9)1-3(6)7;5-3-1-8-2-4(6)7-3;;;;;/h7,14H,4-6H2,1-3H3,(H,12,17);6,13H,1-5H2,(H,11,14)(H,16,17);4-5,8H2,1-3H3,(H,9,10);4,9H,1-3,7H2;2,5H,1H2,(H,6,7)(H,8,9);1-2H2;1H4;4*1H2/t7-;6-;;4-;2-;;;;;;/m00.00....../s1. The maximum atomic E-state index is 11.3. The molecule has 81 heavy (non-hydrogen) atoms. The molecule has 0 aromatic heterocycles. The lowest BCUT2D eigenvalue weighted by Gasteiger charge is -2.20. The number of esters is 2. The minimum atomic E-state index is -1.79. The monoisotopic (exact) mass is 1280 g/mol. The molecule has 0 aromatic rings. The number of carbonyl (C=O) groups is 14. The number of aliphatic hydroxyl groups excluding tert-OH is 4. The summed E-state index contributed by atoms with van der Waals surface area (Å²) in [6.07, 6.45) is -7.75. The predicted molar refractivity (Wildman–Crippen MR) is 309 cm³/mol. The third-order valence-electron chi connectivity index (χ3n) is 8.27. The van der Waals surface area contributed by atoms with Crippen LogP contribution in [0, 0.1) is 0 Å². The average Bonchev–Trinajstić information content (AvgIpc) is 3.78. The highest BCUT2D eigenvalue weighted by atomic mass is 32.2. The highest BCUT2D eigenvalue weighted by Crippen LogP contribution is 2.14. The van der Waals surface area contributed by atoms with Crippen molar-refractivity contribution in [2.45, 2.75) is 110 Å². The van der Waals surface area contributed by atoms with E-state index in [4.69, 9.17) is 51.6 Å². The number of carboxylic acid groups (broad SMARTS) is 3. The first-order chi connectivity index (χ1) is 35.1. The molecule has 14 N–H and O–H groups in total. The molecule has 0 radical (unpaired) electrons. The fourth-order valence-electron chi connectivity index (χ4n) is 5.15. The zero-order valence-electron chi connectivity index (χ0n) is 44.5. The van der Waals surface area contributed by atoms with E-state index in [0.29, 0.717) is 24.6 Å². The number of carbonyl (C=O) groups excluding carboxylic acids is 11. The van der Waals surface area contributed by atoms with Crippen LogP contribution in [0.1, 0.15) is 74.7 Å². The van der Waals surface area contributed by atoms with Gasteiger partial charge in [-0.05, 0) is 41.5 Å². The van der Waals surface area contributed by atoms with Crippen LogP contribution < -0.4 is 27.4 Å². The Labute approximate surface area is 503 Å². The molecule has 0 aliphatic carbocycles. The smallest absolute Gasteiger partial charge is 0.407 e. The van der Waals surface area contributed by atoms with E-state index >= 15 is 0 Å². The molecule has 4 saturated heterocycles. The number of cyclic esters (lactones) is 2. The lowest BCUT2D eigenvalue weighted by molar-refractivity contribution is -0.157. The number of ether oxygens (including phenoxy) is 3. The van der Waals surface area contributed by atoms with Crippen molar-refractivity contribution >= 4 is 161 Å². The van der Waals surface area contributed by atoms with Crippen molar-refractivity contribution in [2.75, 3.05) is 75.4 Å². The molecule has 0 unspecified atom stereocenters. The van der Waals surface area contributed by atoms with Crippen molar-refractivity contribution in [3.63, 3.8) is 0 Å². The van der Waals surface area contributed by atoms with E-state index in [2.05, 4.69) is 20.7 Å². The summed E-state index contributed by atoms with van der Waals surface area (Å²) in [6.45, 7) is 12.2. The second kappa shape index (κ2) is 46.3. The molecule has 9 amide bonds. The van der Waals surface area contributed by atoms with Gasteiger partial charge in [-0.2, -0.15) is 54.0 Å². The van der Waals surface area contributed by atoms with Crippen molar-refractivity contribution in [3.05, 3.63) is 0 Å². The number of aliphatic carboxylic acids is 3. The molecular weight excluding hydrogens is 1200 g/mol. The van der Waals surface area contributed by atoms with Crippen LogP contribution in [-0.2, 0) is 71.7 Å². The summed E-state index contributed by atoms with van der Waals surface area (Å²) in [6, 6.07) is 0. The van der Waals surface area contributed by atoms with Crippen molar-refractivity contribution in [2.24, 2.45) is 11.5 Å². The molecule has 4 heterocycles. The van der Waals surface area contributed by atoms with Crippen LogP contribution in [0.3, 0.4) is 0 Å². The van der Waals surface area contributed by atoms with Crippen LogP contribution in [0.4, 0.5) is 9.59 Å². The van der Waals surface area contributed by atoms with Gasteiger partial charge in [0, 0.05) is 52.4 Å². The first-order valence-electron chi connectivity index (χ1n) is 22.5. The Balaban J connectivity index is -0.000000165. The van der Waals surface area contributed by atoms with Gasteiger partial charge in [-0.1, -0.05) is 7.43 Å². The fraction of sp³-hybridized carbons (Fsp3) is 0.674. The Morgan fingerprint density at radius 3 is 1.22 bits per heavy atom. The van der Waals surface area contributed by atoms with Crippen molar-refractivity contribution in [3.8, 4) is 0 Å². The van der Waals surface area contributed by atoms with Crippen LogP contribution in [0.15, 0.2) is 0 Å². The summed E-state index contributed by atoms with van der Waals surface area (Å²) in [5.74, 6) is -7.65. The number of rotatable bonds is 17. The van der Waals surface area contributed by atoms with Crippen molar-refractivity contribution in [1.82, 2.24) is 30.7 Å². The van der Waals surface area contributed by atoms with Crippen molar-refractivity contribution in [1.29, 1.82) is 0 Å². The van der Waals surface area contributed by atoms with Gasteiger partial charge in [0.2, 0.25) is 23.6 Å². The summed E-state index contributed by atoms with van der Waals surface area (Å²) >= 11 is 2.24. The minimum Gasteiger partial charge on any atom is -0.481 e. The molecule has 0 saturated carbocycles. The van der Waals surface area contributed by atoms with E-state index in [0.717, 1.165) is 26.5 Å². The molecule has 32 nitrogen and oxygen atoms in total. The maximum absolute atomic E-state index is 11.3. The Morgan fingerprint density at radius 2 is 0.963 bits per heavy atom. The van der Waals surface area contributed by atoms with E-state index in [1.807, 2.05) is 20.8 Å². The van der Waals surface area contributed by atoms with Gasteiger partial charge in [0.1, 0.15) is 29.5 Å². The largest absolute Gasteiger partial charge is 0.481 e. The minimum absolute atomic E-state index is 0. The van der Waals surface area contributed by atoms with Crippen LogP contribution >= 0.6 is 77.5 Å². The third kappa shape index (κ3) is 43.2. The van der Waals surface area contributed by atoms with Gasteiger partial charge < -0.3 is 77.4 Å². The highest BCUT2D eigenvalue weighted by Gasteiger charge is 2.38. The number of nitrogens with two attached hydrogens (primary N) is 2. The molecule has 4 rings (SSSR count). The Bertz CT molecular complexity index is 2050. The first kappa shape index (κ1) is 89.6. The second-order valence-corrected chi connectivity index (χ2v) is 19.2. The zero-order valence-corrected chi connectivity index (χ0v) is 50.1. The number of imide groups is 3. The van der Waals surface area contributed by atoms with Gasteiger partial charge in [-0.15, -0.1) is 23.5 Å². The van der Waals surface area contributed by atoms with Gasteiger partial charge in [-0.3, -0.25) is 67.4 Å². The van der Waals surface area contributed by atoms with Crippen LogP contribution in [-0.4, -0.2) is 245 Å². The SMILES string of the molecule is C.CC(C)(C)OC(=O)NCCN.CC(C)(C)OC(=O)NCCN1C(=O)C[C@H](O)C1=O.NCCN1C(=O)C[C@H](O)C1=O.O=C(O)CSCC(=O)NCCN1C(=O)C[C@H](O)C1=O.O=C(O)C[C@H](O)C(=O)O.O=C1CSCC(=O)O1.S.S.S.S. The van der Waals surface area contributed by atoms with Crippen LogP contribution in [0.25, 0.3) is 0 Å². The molecular formula is C43H80N8O24S6. The third-order valence-corrected chi connectivity index (χ3v) is 10.1. The topological polar surface area (TPSA) is 506 Å². The molecule has 4 aliphatic heterocycles. The summed E-state index contributed by atoms with van der Waals surface area (Å²) in [5.41, 5.74) is 9.29. The maximum Gasteiger partial charge on any atom is 0.407 e. The number of nitrogens with zero attached hydrogens (tertiary/aromatic N) is 3. The Kier molecular flexibility index (Phi) is 51.3. The Morgan fingerprint density at radius 1 is 0.605 bits per heavy atom. The number of likely N-dealkylation sites (tertiary alicyclic amines) is 3. The predicted octanol–water partition coefficient (Wildman–Crippen LogP) is -4.00. The van der Waals surface area contributed by atoms with Crippen molar-refractivity contribution < 1.29 is 117 Å². The number of carboxylic acids is 3. The van der Waals surface area contributed by atoms with Crippen LogP contribution in [0.2, 0.25) is 0 Å². The quantitative estimate of drug-likeness (QED) is 0.0286. The number of nitrogens with one attached hydrogen (secondary N) is 3. The second-order valence-electron chi connectivity index (χ2n) is 17.3. The number of alkyl carbamates (subject to hydrolysis) is 2. The van der Waals surface area contributed by atoms with Gasteiger partial charge in [0.25, 0.3) is 17.7 Å². The molecule has 4 aliphatic rings. The lowest BCUT2D eigenvalue weighted by atomic mass is 10.2. The molecule has 0 aromatic carbocycles. The first-order valence-corrected chi connectivity index (χ1v) is 24.8. The number of thioether (sulfide) groups is 2. The van der Waals surface area contributed by atoms with E-state index in [1.165, 1.54) is 11.8 Å². The molecule has 0 spiro atoms. The van der Waals surface area contributed by atoms with E-state index in [-0.39, 0.29) is 143 Å². The number of aliphatic hydroxyl groups is 4. The van der Waals surface area contributed by atoms with E-state index in [9.17, 15) is 72.2 Å². The molecule has 4 atom stereocenters. The van der Waals surface area contributed by atoms with E-state index < -0.39 is 114 Å². The average molecular weight is 1290 g/mol. The normalized spacial score (nSPS) is 17.2. The van der Waals surface area contributed by atoms with Crippen LogP contribution in [0.5, 0.6) is 0 Å². The zero-order chi connectivity index (χ0) is 59.1. The fourth-order valence-corrected chi connectivity index (χ4v) is 6.27. The number of hydrogen-bond donors (Lipinski definition) is 12. The summed E-state index contributed by atoms with van der Waals surface area (Å²) < 4.78 is 14.1. The molecule has 4 fully saturated rings.